The summed E-state index contributed by atoms with van der Waals surface area (Å²) in [5.41, 5.74) is 2.35. The maximum atomic E-state index is 3.38. The molecule has 1 nitrogen and oxygen atoms in total. The average Bonchev–Trinajstić information content (AvgIpc) is 1.97. The Kier molecular flexibility index (Phi) is 8.84. The van der Waals surface area contributed by atoms with Gasteiger partial charge < -0.3 is 4.98 Å². The molecule has 0 spiro atoms. The summed E-state index contributed by atoms with van der Waals surface area (Å²) in [6, 6.07) is 0. The zero-order valence-corrected chi connectivity index (χ0v) is 8.60. The lowest BCUT2D eigenvalue weighted by atomic mass is 10.2. The van der Waals surface area contributed by atoms with Crippen LogP contribution in [0.4, 0.5) is 0 Å². The van der Waals surface area contributed by atoms with Crippen LogP contribution in [0.5, 0.6) is 0 Å². The Balaban J connectivity index is 2.89. The Hall–Kier alpha value is -0.0831. The molecule has 0 unspecified atom stereocenters. The van der Waals surface area contributed by atoms with Gasteiger partial charge in [0.2, 0.25) is 0 Å². The monoisotopic (exact) mass is 157 g/mol. The molecule has 10 heavy (non-hydrogen) atoms. The van der Waals surface area contributed by atoms with Crippen molar-refractivity contribution in [2.45, 2.75) is 33.1 Å². The molecule has 0 heterocycles. The van der Waals surface area contributed by atoms with Crippen LogP contribution in [-0.4, -0.2) is 16.2 Å². The van der Waals surface area contributed by atoms with Crippen LogP contribution in [0.2, 0.25) is 0 Å². The van der Waals surface area contributed by atoms with Crippen molar-refractivity contribution in [2.24, 2.45) is 0 Å². The first-order valence-corrected chi connectivity index (χ1v) is 5.79. The van der Waals surface area contributed by atoms with E-state index in [-0.39, 0.29) is 9.68 Å². The summed E-state index contributed by atoms with van der Waals surface area (Å²) in [4.78, 5) is 3.38. The van der Waals surface area contributed by atoms with Crippen LogP contribution >= 0.6 is 0 Å². The first kappa shape index (κ1) is 9.92. The van der Waals surface area contributed by atoms with Gasteiger partial charge in [-0.1, -0.05) is 38.5 Å². The Morgan fingerprint density at radius 2 is 2.20 bits per heavy atom. The van der Waals surface area contributed by atoms with Crippen molar-refractivity contribution in [1.82, 2.24) is 4.98 Å². The third kappa shape index (κ3) is 7.92. The number of hydrogen-bond donors (Lipinski definition) is 1. The first-order valence-electron chi connectivity index (χ1n) is 4.27. The molecule has 0 aliphatic carbocycles. The zero-order chi connectivity index (χ0) is 7.66. The standard InChI is InChI=1S/C8H19NSi/c1-3-5-6-7-8-10-9-4-2/h7-9H,3-6,10H2,1-2H3. The van der Waals surface area contributed by atoms with Crippen molar-refractivity contribution >= 4 is 9.68 Å². The second-order valence-corrected chi connectivity index (χ2v) is 3.80. The molecule has 0 saturated heterocycles. The molecule has 60 valence electrons. The summed E-state index contributed by atoms with van der Waals surface area (Å²) in [6.45, 7) is 5.52. The number of allylic oxidation sites excluding steroid dienone is 1. The summed E-state index contributed by atoms with van der Waals surface area (Å²) in [5.74, 6) is 0. The van der Waals surface area contributed by atoms with E-state index in [1.165, 1.54) is 19.3 Å². The van der Waals surface area contributed by atoms with Crippen LogP contribution < -0.4 is 4.98 Å². The molecular formula is C8H19NSi. The van der Waals surface area contributed by atoms with Gasteiger partial charge in [0.25, 0.3) is 0 Å². The quantitative estimate of drug-likeness (QED) is 0.454. The van der Waals surface area contributed by atoms with E-state index in [0.717, 1.165) is 6.54 Å². The molecular weight excluding hydrogens is 138 g/mol. The van der Waals surface area contributed by atoms with E-state index < -0.39 is 0 Å². The molecule has 2 heteroatoms. The van der Waals surface area contributed by atoms with E-state index >= 15 is 0 Å². The number of hydrogen-bond acceptors (Lipinski definition) is 1. The van der Waals surface area contributed by atoms with Gasteiger partial charge in [-0.25, -0.2) is 0 Å². The molecule has 0 radical (unpaired) electrons. The lowest BCUT2D eigenvalue weighted by Gasteiger charge is -1.91. The Morgan fingerprint density at radius 1 is 1.40 bits per heavy atom. The molecule has 0 aliphatic heterocycles. The second kappa shape index (κ2) is 8.92. The highest BCUT2D eigenvalue weighted by molar-refractivity contribution is 6.38. The maximum absolute atomic E-state index is 3.38. The van der Waals surface area contributed by atoms with Crippen molar-refractivity contribution in [3.8, 4) is 0 Å². The Morgan fingerprint density at radius 3 is 2.80 bits per heavy atom. The predicted molar refractivity (Wildman–Crippen MR) is 50.9 cm³/mol. The topological polar surface area (TPSA) is 12.0 Å². The van der Waals surface area contributed by atoms with Gasteiger partial charge >= 0.3 is 0 Å². The van der Waals surface area contributed by atoms with Gasteiger partial charge in [-0.05, 0) is 13.0 Å². The Bertz CT molecular complexity index is 71.3. The van der Waals surface area contributed by atoms with E-state index in [1.807, 2.05) is 0 Å². The highest BCUT2D eigenvalue weighted by Gasteiger charge is 1.78. The highest BCUT2D eigenvalue weighted by Crippen LogP contribution is 1.93. The van der Waals surface area contributed by atoms with Crippen LogP contribution in [-0.2, 0) is 0 Å². The molecule has 0 rings (SSSR count). The maximum Gasteiger partial charge on any atom is 0.116 e. The van der Waals surface area contributed by atoms with Crippen molar-refractivity contribution in [1.29, 1.82) is 0 Å². The van der Waals surface area contributed by atoms with E-state index in [1.54, 1.807) is 0 Å². The molecule has 0 aromatic rings. The van der Waals surface area contributed by atoms with Crippen molar-refractivity contribution in [2.75, 3.05) is 6.54 Å². The fourth-order valence-corrected chi connectivity index (χ4v) is 1.61. The summed E-state index contributed by atoms with van der Waals surface area (Å²) in [5, 5.41) is 0. The van der Waals surface area contributed by atoms with Crippen LogP contribution in [0.1, 0.15) is 33.1 Å². The van der Waals surface area contributed by atoms with Gasteiger partial charge in [0.15, 0.2) is 0 Å². The Labute approximate surface area is 66.8 Å². The summed E-state index contributed by atoms with van der Waals surface area (Å²) >= 11 is 0. The molecule has 0 saturated carbocycles. The lowest BCUT2D eigenvalue weighted by molar-refractivity contribution is 0.815. The summed E-state index contributed by atoms with van der Waals surface area (Å²) in [7, 11) is -0.0472. The number of unbranched alkanes of at least 4 members (excludes halogenated alkanes) is 2. The van der Waals surface area contributed by atoms with Crippen LogP contribution in [0.15, 0.2) is 11.8 Å². The van der Waals surface area contributed by atoms with E-state index in [4.69, 9.17) is 0 Å². The molecule has 1 N–H and O–H groups in total. The van der Waals surface area contributed by atoms with E-state index in [9.17, 15) is 0 Å². The molecule has 0 bridgehead atoms. The van der Waals surface area contributed by atoms with Gasteiger partial charge in [-0.2, -0.15) is 0 Å². The third-order valence-corrected chi connectivity index (χ3v) is 2.76. The van der Waals surface area contributed by atoms with Gasteiger partial charge in [0, 0.05) is 0 Å². The van der Waals surface area contributed by atoms with E-state index in [0.29, 0.717) is 0 Å². The van der Waals surface area contributed by atoms with Crippen molar-refractivity contribution in [3.05, 3.63) is 11.8 Å². The minimum Gasteiger partial charge on any atom is -0.339 e. The second-order valence-electron chi connectivity index (χ2n) is 2.42. The molecule has 0 atom stereocenters. The predicted octanol–water partition coefficient (Wildman–Crippen LogP) is 1.38. The SMILES string of the molecule is CCCCC=C[SiH2]NCC. The van der Waals surface area contributed by atoms with Gasteiger partial charge in [0.1, 0.15) is 9.68 Å². The molecule has 0 aromatic carbocycles. The van der Waals surface area contributed by atoms with Crippen LogP contribution in [0, 0.1) is 0 Å². The van der Waals surface area contributed by atoms with Gasteiger partial charge in [-0.15, -0.1) is 0 Å². The molecule has 0 aromatic heterocycles. The highest BCUT2D eigenvalue weighted by atomic mass is 28.2. The first-order chi connectivity index (χ1) is 4.91. The fourth-order valence-electron chi connectivity index (χ4n) is 0.751. The van der Waals surface area contributed by atoms with Gasteiger partial charge in [0.05, 0.1) is 0 Å². The van der Waals surface area contributed by atoms with Gasteiger partial charge in [-0.3, -0.25) is 0 Å². The number of rotatable bonds is 6. The van der Waals surface area contributed by atoms with Crippen molar-refractivity contribution in [3.63, 3.8) is 0 Å². The smallest absolute Gasteiger partial charge is 0.116 e. The zero-order valence-electron chi connectivity index (χ0n) is 7.19. The molecule has 0 fully saturated rings. The third-order valence-electron chi connectivity index (χ3n) is 1.40. The average molecular weight is 157 g/mol. The molecule has 0 aliphatic rings. The summed E-state index contributed by atoms with van der Waals surface area (Å²) < 4.78 is 0. The minimum atomic E-state index is -0.0472. The van der Waals surface area contributed by atoms with E-state index in [2.05, 4.69) is 30.6 Å². The molecule has 0 amide bonds. The minimum absolute atomic E-state index is 0.0472. The largest absolute Gasteiger partial charge is 0.339 e. The fraction of sp³-hybridized carbons (Fsp3) is 0.750. The van der Waals surface area contributed by atoms with Crippen molar-refractivity contribution < 1.29 is 0 Å². The lowest BCUT2D eigenvalue weighted by Crippen LogP contribution is -2.15. The van der Waals surface area contributed by atoms with Crippen LogP contribution in [0.25, 0.3) is 0 Å². The van der Waals surface area contributed by atoms with Crippen LogP contribution in [0.3, 0.4) is 0 Å². The normalized spacial score (nSPS) is 12.2. The summed E-state index contributed by atoms with van der Waals surface area (Å²) in [6.07, 6.45) is 6.25. The number of nitrogens with one attached hydrogen (secondary N) is 1.